The summed E-state index contributed by atoms with van der Waals surface area (Å²) in [7, 11) is 0. The van der Waals surface area contributed by atoms with Crippen molar-refractivity contribution in [1.82, 2.24) is 0 Å². The topological polar surface area (TPSA) is 0 Å². The third-order valence-corrected chi connectivity index (χ3v) is 15.4. The van der Waals surface area contributed by atoms with E-state index in [4.69, 9.17) is 0 Å². The quantitative estimate of drug-likeness (QED) is 0.123. The smallest absolute Gasteiger partial charge is 0.0619 e. The van der Waals surface area contributed by atoms with Gasteiger partial charge in [0.25, 0.3) is 0 Å². The summed E-state index contributed by atoms with van der Waals surface area (Å²) in [5.74, 6) is 0. The number of rotatable bonds is 3. The highest BCUT2D eigenvalue weighted by Gasteiger charge is 2.53. The summed E-state index contributed by atoms with van der Waals surface area (Å²) in [6.07, 6.45) is 0. The molecule has 308 valence electrons. The van der Waals surface area contributed by atoms with Gasteiger partial charge >= 0.3 is 0 Å². The van der Waals surface area contributed by atoms with E-state index in [1.54, 1.807) is 0 Å². The molecule has 0 saturated carbocycles. The normalized spacial score (nSPS) is 13.2. The summed E-state index contributed by atoms with van der Waals surface area (Å²) >= 11 is 0. The van der Waals surface area contributed by atoms with E-state index in [1.165, 1.54) is 143 Å². The van der Waals surface area contributed by atoms with Crippen LogP contribution in [0, 0.1) is 0 Å². The molecule has 15 rings (SSSR count). The number of benzene rings is 13. The van der Waals surface area contributed by atoms with Gasteiger partial charge in [0.1, 0.15) is 0 Å². The van der Waals surface area contributed by atoms with Gasteiger partial charge in [0.2, 0.25) is 0 Å². The summed E-state index contributed by atoms with van der Waals surface area (Å²) in [5, 5.41) is 15.3. The molecule has 0 N–H and O–H groups in total. The van der Waals surface area contributed by atoms with Gasteiger partial charge in [-0.15, -0.1) is 0 Å². The molecule has 0 nitrogen and oxygen atoms in total. The Morgan fingerprint density at radius 2 is 0.672 bits per heavy atom. The zero-order valence-corrected chi connectivity index (χ0v) is 36.6. The average Bonchev–Trinajstić information content (AvgIpc) is 3.88. The first-order chi connectivity index (χ1) is 33.3. The average molecular weight is 845 g/mol. The molecule has 0 heterocycles. The third kappa shape index (κ3) is 4.86. The van der Waals surface area contributed by atoms with Crippen molar-refractivity contribution in [2.75, 3.05) is 0 Å². The fourth-order valence-corrected chi connectivity index (χ4v) is 12.9. The van der Waals surface area contributed by atoms with Crippen LogP contribution in [0.2, 0.25) is 0 Å². The molecule has 13 aromatic rings. The third-order valence-electron chi connectivity index (χ3n) is 15.4. The van der Waals surface area contributed by atoms with Crippen molar-refractivity contribution in [3.8, 4) is 55.6 Å². The predicted octanol–water partition coefficient (Wildman–Crippen LogP) is 18.0. The Labute approximate surface area is 388 Å². The van der Waals surface area contributed by atoms with Gasteiger partial charge in [-0.3, -0.25) is 0 Å². The molecule has 0 heteroatoms. The summed E-state index contributed by atoms with van der Waals surface area (Å²) in [6.45, 7) is 0. The van der Waals surface area contributed by atoms with Crippen molar-refractivity contribution in [1.29, 1.82) is 0 Å². The Balaban J connectivity index is 1.03. The standard InChI is InChI=1S/C67H40/c1-3-22-46-41(17-1)19-16-32-47(46)43-20-15-21-44(39-43)62-53-28-7-9-30-55(53)63(56-31-10-8-29-54(56)62)45-36-37-57-59(40-45)49-24-5-6-27-52(49)64-58-38-35-42-18-2-4-23-48(42)65(58)67(66(57)64)60-33-13-11-25-50(60)51-26-12-14-34-61(51)67/h1-40H. The molecule has 0 unspecified atom stereocenters. The van der Waals surface area contributed by atoms with Gasteiger partial charge in [0, 0.05) is 0 Å². The maximum absolute atomic E-state index is 2.52. The molecule has 1 spiro atoms. The number of fused-ring (bicyclic) bond motifs is 20. The maximum atomic E-state index is 2.52. The van der Waals surface area contributed by atoms with Crippen molar-refractivity contribution in [2.24, 2.45) is 0 Å². The van der Waals surface area contributed by atoms with Gasteiger partial charge in [-0.2, -0.15) is 0 Å². The Hall–Kier alpha value is -8.58. The van der Waals surface area contributed by atoms with Crippen molar-refractivity contribution < 1.29 is 0 Å². The monoisotopic (exact) mass is 844 g/mol. The predicted molar refractivity (Wildman–Crippen MR) is 284 cm³/mol. The van der Waals surface area contributed by atoms with Crippen LogP contribution in [-0.4, -0.2) is 0 Å². The first-order valence-electron chi connectivity index (χ1n) is 23.5. The molecule has 0 atom stereocenters. The second kappa shape index (κ2) is 13.7. The van der Waals surface area contributed by atoms with E-state index in [0.717, 1.165) is 0 Å². The van der Waals surface area contributed by atoms with Crippen LogP contribution in [0.5, 0.6) is 0 Å². The molecular weight excluding hydrogens is 805 g/mol. The molecule has 0 bridgehead atoms. The van der Waals surface area contributed by atoms with E-state index >= 15 is 0 Å². The van der Waals surface area contributed by atoms with Crippen LogP contribution >= 0.6 is 0 Å². The summed E-state index contributed by atoms with van der Waals surface area (Å²) in [6, 6.07) is 91.5. The van der Waals surface area contributed by atoms with Crippen LogP contribution in [0.1, 0.15) is 22.3 Å². The van der Waals surface area contributed by atoms with Gasteiger partial charge < -0.3 is 0 Å². The van der Waals surface area contributed by atoms with Crippen LogP contribution in [0.4, 0.5) is 0 Å². The van der Waals surface area contributed by atoms with Gasteiger partial charge in [-0.25, -0.2) is 0 Å². The number of hydrogen-bond acceptors (Lipinski definition) is 0. The van der Waals surface area contributed by atoms with Gasteiger partial charge in [-0.05, 0) is 155 Å². The molecule has 67 heavy (non-hydrogen) atoms. The van der Waals surface area contributed by atoms with Crippen molar-refractivity contribution >= 4 is 64.6 Å². The first-order valence-corrected chi connectivity index (χ1v) is 23.5. The van der Waals surface area contributed by atoms with Gasteiger partial charge in [-0.1, -0.05) is 231 Å². The second-order valence-corrected chi connectivity index (χ2v) is 18.6. The zero-order valence-electron chi connectivity index (χ0n) is 36.6. The van der Waals surface area contributed by atoms with Crippen LogP contribution in [-0.2, 0) is 5.41 Å². The minimum Gasteiger partial charge on any atom is -0.0619 e. The lowest BCUT2D eigenvalue weighted by Crippen LogP contribution is -2.26. The van der Waals surface area contributed by atoms with Crippen molar-refractivity contribution in [2.45, 2.75) is 5.41 Å². The maximum Gasteiger partial charge on any atom is 0.0737 e. The number of hydrogen-bond donors (Lipinski definition) is 0. The Morgan fingerprint density at radius 3 is 1.33 bits per heavy atom. The highest BCUT2D eigenvalue weighted by molar-refractivity contribution is 6.25. The lowest BCUT2D eigenvalue weighted by atomic mass is 9.68. The molecule has 0 radical (unpaired) electrons. The minimum absolute atomic E-state index is 0.510. The minimum atomic E-state index is -0.510. The van der Waals surface area contributed by atoms with E-state index in [2.05, 4.69) is 243 Å². The Bertz CT molecular complexity index is 4170. The molecule has 0 amide bonds. The zero-order chi connectivity index (χ0) is 43.8. The summed E-state index contributed by atoms with van der Waals surface area (Å²) in [5.41, 5.74) is 17.8. The van der Waals surface area contributed by atoms with Crippen molar-refractivity contribution in [3.05, 3.63) is 265 Å². The van der Waals surface area contributed by atoms with E-state index in [0.29, 0.717) is 0 Å². The Morgan fingerprint density at radius 1 is 0.209 bits per heavy atom. The highest BCUT2D eigenvalue weighted by Crippen LogP contribution is 2.66. The largest absolute Gasteiger partial charge is 0.0737 e. The molecule has 2 aliphatic carbocycles. The SMILES string of the molecule is c1cc(-c2cccc3ccccc23)cc(-c2c3ccccc3c(-c3ccc4c5c(c6ccccc6c4c3)-c3ccc4ccccc4c3C53c4ccccc4-c4ccccc43)c3ccccc23)c1. The molecule has 0 aliphatic heterocycles. The second-order valence-electron chi connectivity index (χ2n) is 18.6. The van der Waals surface area contributed by atoms with Crippen molar-refractivity contribution in [3.63, 3.8) is 0 Å². The van der Waals surface area contributed by atoms with Gasteiger partial charge in [0.05, 0.1) is 5.41 Å². The lowest BCUT2D eigenvalue weighted by molar-refractivity contribution is 0.809. The lowest BCUT2D eigenvalue weighted by Gasteiger charge is -2.32. The van der Waals surface area contributed by atoms with E-state index in [9.17, 15) is 0 Å². The fraction of sp³-hybridized carbons (Fsp3) is 0.0149. The van der Waals surface area contributed by atoms with Crippen LogP contribution < -0.4 is 0 Å². The van der Waals surface area contributed by atoms with Gasteiger partial charge in [0.15, 0.2) is 0 Å². The van der Waals surface area contributed by atoms with Crippen LogP contribution in [0.3, 0.4) is 0 Å². The Kier molecular flexibility index (Phi) is 7.52. The summed E-state index contributed by atoms with van der Waals surface area (Å²) in [4.78, 5) is 0. The van der Waals surface area contributed by atoms with Crippen LogP contribution in [0.25, 0.3) is 120 Å². The highest BCUT2D eigenvalue weighted by atomic mass is 14.5. The molecule has 0 aromatic heterocycles. The molecule has 13 aromatic carbocycles. The fourth-order valence-electron chi connectivity index (χ4n) is 12.9. The van der Waals surface area contributed by atoms with E-state index in [-0.39, 0.29) is 0 Å². The molecular formula is C67H40. The molecule has 0 saturated heterocycles. The molecule has 0 fully saturated rings. The van der Waals surface area contributed by atoms with E-state index in [1.807, 2.05) is 0 Å². The first kappa shape index (κ1) is 36.7. The summed E-state index contributed by atoms with van der Waals surface area (Å²) < 4.78 is 0. The molecule has 2 aliphatic rings. The van der Waals surface area contributed by atoms with Crippen LogP contribution in [0.15, 0.2) is 243 Å². The van der Waals surface area contributed by atoms with E-state index < -0.39 is 5.41 Å².